The van der Waals surface area contributed by atoms with Crippen LogP contribution in [0.5, 0.6) is 0 Å². The van der Waals surface area contributed by atoms with Gasteiger partial charge in [0.15, 0.2) is 0 Å². The van der Waals surface area contributed by atoms with Crippen molar-refractivity contribution in [3.63, 3.8) is 0 Å². The summed E-state index contributed by atoms with van der Waals surface area (Å²) in [4.78, 5) is 0. The van der Waals surface area contributed by atoms with Crippen LogP contribution in [0.2, 0.25) is 0 Å². The second-order valence-electron chi connectivity index (χ2n) is 3.45. The van der Waals surface area contributed by atoms with Crippen LogP contribution in [0.4, 0.5) is 0 Å². The Hall–Kier alpha value is -0.780. The maximum absolute atomic E-state index is 7.64. The topological polar surface area (TPSA) is 0 Å². The van der Waals surface area contributed by atoms with Crippen molar-refractivity contribution in [1.29, 1.82) is 0 Å². The van der Waals surface area contributed by atoms with E-state index in [2.05, 4.69) is 20.8 Å². The fourth-order valence-corrected chi connectivity index (χ4v) is 0.786. The van der Waals surface area contributed by atoms with E-state index >= 15 is 0 Å². The highest BCUT2D eigenvalue weighted by atomic mass is 14.2. The Bertz CT molecular complexity index is 284. The summed E-state index contributed by atoms with van der Waals surface area (Å²) in [6.45, 7) is 6.17. The first kappa shape index (κ1) is 4.95. The van der Waals surface area contributed by atoms with E-state index in [1.807, 2.05) is 0 Å². The minimum atomic E-state index is -0.0336. The number of rotatable bonds is 0. The van der Waals surface area contributed by atoms with Gasteiger partial charge in [-0.3, -0.25) is 0 Å². The van der Waals surface area contributed by atoms with Gasteiger partial charge in [-0.25, -0.2) is 0 Å². The zero-order chi connectivity index (χ0) is 9.35. The van der Waals surface area contributed by atoms with Crippen molar-refractivity contribution in [2.75, 3.05) is 0 Å². The molecule has 0 nitrogen and oxygen atoms in total. The third-order valence-corrected chi connectivity index (χ3v) is 1.45. The molecule has 0 spiro atoms. The van der Waals surface area contributed by atoms with Crippen LogP contribution in [0.15, 0.2) is 30.3 Å². The molecule has 0 heterocycles. The van der Waals surface area contributed by atoms with E-state index in [0.29, 0.717) is 12.1 Å². The zero-order valence-corrected chi connectivity index (χ0v) is 6.73. The lowest BCUT2D eigenvalue weighted by atomic mass is 9.87. The van der Waals surface area contributed by atoms with Gasteiger partial charge >= 0.3 is 0 Å². The summed E-state index contributed by atoms with van der Waals surface area (Å²) in [7, 11) is 0. The summed E-state index contributed by atoms with van der Waals surface area (Å²) >= 11 is 0. The molecule has 0 N–H and O–H groups in total. The van der Waals surface area contributed by atoms with E-state index in [9.17, 15) is 0 Å². The summed E-state index contributed by atoms with van der Waals surface area (Å²) in [6, 6.07) is 6.11. The fraction of sp³-hybridized carbons (Fsp3) is 0.400. The Labute approximate surface area is 65.7 Å². The van der Waals surface area contributed by atoms with Crippen LogP contribution in [0.1, 0.15) is 29.1 Å². The summed E-state index contributed by atoms with van der Waals surface area (Å²) in [5.41, 5.74) is 0.906. The molecule has 0 atom stereocenters. The maximum atomic E-state index is 7.64. The second-order valence-corrected chi connectivity index (χ2v) is 3.45. The standard InChI is InChI=1S/C10H14/c1-10(2,3)9-7-5-4-6-8-9/h4-8H,1-3H3/i5T,8T. The van der Waals surface area contributed by atoms with Gasteiger partial charge in [-0.2, -0.15) is 0 Å². The minimum absolute atomic E-state index is 0.0336. The first-order chi connectivity index (χ1) is 5.41. The van der Waals surface area contributed by atoms with Crippen LogP contribution in [-0.2, 0) is 5.41 Å². The van der Waals surface area contributed by atoms with Gasteiger partial charge in [0.25, 0.3) is 0 Å². The van der Waals surface area contributed by atoms with Crippen LogP contribution < -0.4 is 0 Å². The predicted molar refractivity (Wildman–Crippen MR) is 45.1 cm³/mol. The molecular formula is C10H14. The van der Waals surface area contributed by atoms with Gasteiger partial charge < -0.3 is 0 Å². The Balaban J connectivity index is 3.23. The van der Waals surface area contributed by atoms with Crippen LogP contribution >= 0.6 is 0 Å². The van der Waals surface area contributed by atoms with Crippen molar-refractivity contribution in [2.24, 2.45) is 0 Å². The SMILES string of the molecule is [3H]c1ccc([3H])c(C(C)(C)C)c1. The lowest BCUT2D eigenvalue weighted by molar-refractivity contribution is 0.590. The third-order valence-electron chi connectivity index (χ3n) is 1.45. The molecule has 1 aromatic rings. The fourth-order valence-electron chi connectivity index (χ4n) is 0.786. The largest absolute Gasteiger partial charge is 0.0626 e. The first-order valence-electron chi connectivity index (χ1n) is 4.49. The first-order valence-corrected chi connectivity index (χ1v) is 3.49. The normalized spacial score (nSPS) is 14.3. The number of hydrogen-bond donors (Lipinski definition) is 0. The van der Waals surface area contributed by atoms with Crippen LogP contribution in [0, 0.1) is 0 Å². The summed E-state index contributed by atoms with van der Waals surface area (Å²) in [5.74, 6) is 0. The summed E-state index contributed by atoms with van der Waals surface area (Å²) in [5, 5.41) is 0. The summed E-state index contributed by atoms with van der Waals surface area (Å²) in [6.07, 6.45) is 0. The van der Waals surface area contributed by atoms with Crippen molar-refractivity contribution in [3.8, 4) is 0 Å². The van der Waals surface area contributed by atoms with E-state index in [1.165, 1.54) is 0 Å². The summed E-state index contributed by atoms with van der Waals surface area (Å²) < 4.78 is 15.1. The highest BCUT2D eigenvalue weighted by Crippen LogP contribution is 2.20. The lowest BCUT2D eigenvalue weighted by Crippen LogP contribution is -2.10. The van der Waals surface area contributed by atoms with Crippen molar-refractivity contribution in [1.82, 2.24) is 0 Å². The molecule has 0 saturated heterocycles. The van der Waals surface area contributed by atoms with Crippen molar-refractivity contribution < 1.29 is 2.74 Å². The molecule has 1 rings (SSSR count). The number of hydrogen-bond acceptors (Lipinski definition) is 0. The number of benzene rings is 1. The highest BCUT2D eigenvalue weighted by Gasteiger charge is 2.11. The van der Waals surface area contributed by atoms with Crippen molar-refractivity contribution >= 4 is 0 Å². The van der Waals surface area contributed by atoms with Crippen LogP contribution in [0.3, 0.4) is 0 Å². The van der Waals surface area contributed by atoms with Gasteiger partial charge in [-0.1, -0.05) is 51.1 Å². The lowest BCUT2D eigenvalue weighted by Gasteiger charge is -2.18. The average Bonchev–Trinajstić information content (AvgIpc) is 1.92. The molecule has 0 unspecified atom stereocenters. The Morgan fingerprint density at radius 3 is 2.50 bits per heavy atom. The molecule has 0 saturated carbocycles. The smallest absolute Gasteiger partial charge is 0.0622 e. The monoisotopic (exact) mass is 138 g/mol. The van der Waals surface area contributed by atoms with Crippen molar-refractivity contribution in [2.45, 2.75) is 26.2 Å². The molecule has 10 heavy (non-hydrogen) atoms. The molecule has 0 aliphatic heterocycles. The average molecular weight is 138 g/mol. The maximum Gasteiger partial charge on any atom is 0.0626 e. The van der Waals surface area contributed by atoms with Gasteiger partial charge in [0.1, 0.15) is 0 Å². The highest BCUT2D eigenvalue weighted by molar-refractivity contribution is 5.21. The van der Waals surface area contributed by atoms with E-state index in [4.69, 9.17) is 2.74 Å². The Kier molecular flexibility index (Phi) is 1.21. The Morgan fingerprint density at radius 2 is 2.00 bits per heavy atom. The van der Waals surface area contributed by atoms with Crippen LogP contribution in [-0.4, -0.2) is 0 Å². The van der Waals surface area contributed by atoms with E-state index < -0.39 is 0 Å². The zero-order valence-electron chi connectivity index (χ0n) is 8.73. The molecule has 0 bridgehead atoms. The molecule has 0 aliphatic rings. The minimum Gasteiger partial charge on any atom is -0.0622 e. The van der Waals surface area contributed by atoms with E-state index in [0.717, 1.165) is 5.56 Å². The molecule has 0 amide bonds. The molecule has 1 aromatic carbocycles. The second kappa shape index (κ2) is 2.45. The quantitative estimate of drug-likeness (QED) is 0.517. The molecular weight excluding hydrogens is 120 g/mol. The molecule has 54 valence electrons. The van der Waals surface area contributed by atoms with Crippen molar-refractivity contribution in [3.05, 3.63) is 35.8 Å². The predicted octanol–water partition coefficient (Wildman–Crippen LogP) is 2.98. The molecule has 0 aromatic heterocycles. The van der Waals surface area contributed by atoms with E-state index in [-0.39, 0.29) is 5.41 Å². The van der Waals surface area contributed by atoms with Gasteiger partial charge in [0.05, 0.1) is 2.74 Å². The molecule has 0 heteroatoms. The van der Waals surface area contributed by atoms with Gasteiger partial charge in [-0.15, -0.1) is 0 Å². The molecule has 0 aliphatic carbocycles. The van der Waals surface area contributed by atoms with Crippen LogP contribution in [0.25, 0.3) is 0 Å². The van der Waals surface area contributed by atoms with Gasteiger partial charge in [-0.05, 0) is 11.0 Å². The van der Waals surface area contributed by atoms with E-state index in [1.54, 1.807) is 18.2 Å². The van der Waals surface area contributed by atoms with Gasteiger partial charge in [0.2, 0.25) is 0 Å². The Morgan fingerprint density at radius 1 is 1.30 bits per heavy atom. The molecule has 0 fully saturated rings. The molecule has 0 radical (unpaired) electrons. The third kappa shape index (κ3) is 1.60. The van der Waals surface area contributed by atoms with Gasteiger partial charge in [0, 0.05) is 0 Å².